The molecule has 0 fully saturated rings. The van der Waals surface area contributed by atoms with E-state index in [9.17, 15) is 9.59 Å². The van der Waals surface area contributed by atoms with Gasteiger partial charge in [-0.1, -0.05) is 57.0 Å². The topological polar surface area (TPSA) is 52.6 Å². The second-order valence-corrected chi connectivity index (χ2v) is 7.37. The molecule has 27 heavy (non-hydrogen) atoms. The molecule has 1 rings (SSSR count). The number of halogens is 1. The molecular formula is C22H33ClO4. The molecule has 0 N–H and O–H groups in total. The summed E-state index contributed by atoms with van der Waals surface area (Å²) < 4.78 is 10.6. The van der Waals surface area contributed by atoms with E-state index in [2.05, 4.69) is 6.92 Å². The highest BCUT2D eigenvalue weighted by Crippen LogP contribution is 2.22. The minimum Gasteiger partial charge on any atom is -0.466 e. The van der Waals surface area contributed by atoms with Crippen molar-refractivity contribution >= 4 is 23.5 Å². The van der Waals surface area contributed by atoms with Gasteiger partial charge >= 0.3 is 11.9 Å². The van der Waals surface area contributed by atoms with Gasteiger partial charge in [-0.2, -0.15) is 0 Å². The molecule has 1 aromatic carbocycles. The van der Waals surface area contributed by atoms with E-state index >= 15 is 0 Å². The van der Waals surface area contributed by atoms with E-state index in [1.807, 2.05) is 6.92 Å². The molecule has 1 aromatic rings. The number of rotatable bonds is 14. The van der Waals surface area contributed by atoms with Crippen LogP contribution in [0.3, 0.4) is 0 Å². The van der Waals surface area contributed by atoms with Crippen LogP contribution in [-0.2, 0) is 14.3 Å². The minimum atomic E-state index is -0.203. The van der Waals surface area contributed by atoms with E-state index in [1.54, 1.807) is 18.2 Å². The van der Waals surface area contributed by atoms with Crippen LogP contribution in [0.25, 0.3) is 0 Å². The number of carbonyl (C=O) groups excluding carboxylic acids is 2. The van der Waals surface area contributed by atoms with Gasteiger partial charge in [0.15, 0.2) is 0 Å². The van der Waals surface area contributed by atoms with Gasteiger partial charge in [0.1, 0.15) is 5.75 Å². The van der Waals surface area contributed by atoms with Crippen LogP contribution in [0.15, 0.2) is 18.2 Å². The van der Waals surface area contributed by atoms with Crippen LogP contribution in [0, 0.1) is 6.92 Å². The second kappa shape index (κ2) is 14.5. The number of ether oxygens (including phenoxy) is 2. The Hall–Kier alpha value is -1.55. The first kappa shape index (κ1) is 23.5. The van der Waals surface area contributed by atoms with Gasteiger partial charge in [0, 0.05) is 17.9 Å². The molecule has 0 aliphatic rings. The van der Waals surface area contributed by atoms with E-state index < -0.39 is 0 Å². The fourth-order valence-corrected chi connectivity index (χ4v) is 2.98. The van der Waals surface area contributed by atoms with E-state index in [4.69, 9.17) is 21.1 Å². The van der Waals surface area contributed by atoms with Gasteiger partial charge in [0.25, 0.3) is 0 Å². The molecule has 0 spiro atoms. The number of hydrogen-bond acceptors (Lipinski definition) is 4. The lowest BCUT2D eigenvalue weighted by molar-refractivity contribution is -0.144. The quantitative estimate of drug-likeness (QED) is 0.207. The highest BCUT2D eigenvalue weighted by Gasteiger charge is 2.07. The van der Waals surface area contributed by atoms with Crippen molar-refractivity contribution < 1.29 is 19.1 Å². The average molecular weight is 397 g/mol. The SMILES string of the molecule is CCCCCOC(=O)CCCCCCCCC(=O)Oc1ccc(Cl)cc1C. The first-order valence-corrected chi connectivity index (χ1v) is 10.5. The normalized spacial score (nSPS) is 10.6. The Morgan fingerprint density at radius 1 is 0.889 bits per heavy atom. The highest BCUT2D eigenvalue weighted by molar-refractivity contribution is 6.30. The van der Waals surface area contributed by atoms with Gasteiger partial charge in [-0.05, 0) is 49.9 Å². The minimum absolute atomic E-state index is 0.0775. The lowest BCUT2D eigenvalue weighted by atomic mass is 10.1. The Bertz CT molecular complexity index is 571. The lowest BCUT2D eigenvalue weighted by Crippen LogP contribution is -2.08. The third-order valence-electron chi connectivity index (χ3n) is 4.38. The molecule has 0 unspecified atom stereocenters. The van der Waals surface area contributed by atoms with Gasteiger partial charge in [0.05, 0.1) is 6.61 Å². The van der Waals surface area contributed by atoms with E-state index in [1.165, 1.54) is 0 Å². The first-order chi connectivity index (χ1) is 13.0. The molecule has 0 saturated heterocycles. The molecular weight excluding hydrogens is 364 g/mol. The smallest absolute Gasteiger partial charge is 0.311 e. The first-order valence-electron chi connectivity index (χ1n) is 10.2. The summed E-state index contributed by atoms with van der Waals surface area (Å²) in [4.78, 5) is 23.4. The van der Waals surface area contributed by atoms with Crippen molar-refractivity contribution in [1.82, 2.24) is 0 Å². The maximum Gasteiger partial charge on any atom is 0.311 e. The molecule has 5 heteroatoms. The predicted octanol–water partition coefficient (Wildman–Crippen LogP) is 6.41. The van der Waals surface area contributed by atoms with Crippen molar-refractivity contribution in [2.24, 2.45) is 0 Å². The monoisotopic (exact) mass is 396 g/mol. The van der Waals surface area contributed by atoms with Crippen molar-refractivity contribution in [3.63, 3.8) is 0 Å². The van der Waals surface area contributed by atoms with Crippen LogP contribution in [0.4, 0.5) is 0 Å². The highest BCUT2D eigenvalue weighted by atomic mass is 35.5. The molecule has 0 aliphatic heterocycles. The number of hydrogen-bond donors (Lipinski definition) is 0. The summed E-state index contributed by atoms with van der Waals surface area (Å²) in [6.07, 6.45) is 10.0. The zero-order chi connectivity index (χ0) is 19.9. The van der Waals surface area contributed by atoms with Crippen LogP contribution in [0.1, 0.15) is 83.1 Å². The van der Waals surface area contributed by atoms with Gasteiger partial charge < -0.3 is 9.47 Å². The molecule has 0 aliphatic carbocycles. The molecule has 4 nitrogen and oxygen atoms in total. The van der Waals surface area contributed by atoms with E-state index in [0.717, 1.165) is 63.4 Å². The van der Waals surface area contributed by atoms with Crippen molar-refractivity contribution in [2.45, 2.75) is 84.5 Å². The summed E-state index contributed by atoms with van der Waals surface area (Å²) in [5, 5.41) is 0.636. The molecule has 0 bridgehead atoms. The Morgan fingerprint density at radius 3 is 2.15 bits per heavy atom. The summed E-state index contributed by atoms with van der Waals surface area (Å²) in [5.74, 6) is 0.295. The number of benzene rings is 1. The van der Waals surface area contributed by atoms with E-state index in [-0.39, 0.29) is 11.9 Å². The van der Waals surface area contributed by atoms with Crippen LogP contribution >= 0.6 is 11.6 Å². The lowest BCUT2D eigenvalue weighted by Gasteiger charge is -2.07. The molecule has 0 atom stereocenters. The zero-order valence-electron chi connectivity index (χ0n) is 16.7. The van der Waals surface area contributed by atoms with Crippen LogP contribution in [0.2, 0.25) is 5.02 Å². The van der Waals surface area contributed by atoms with Gasteiger partial charge in [-0.25, -0.2) is 0 Å². The summed E-state index contributed by atoms with van der Waals surface area (Å²) in [6, 6.07) is 5.23. The summed E-state index contributed by atoms with van der Waals surface area (Å²) in [7, 11) is 0. The summed E-state index contributed by atoms with van der Waals surface area (Å²) in [5.41, 5.74) is 0.861. The van der Waals surface area contributed by atoms with Crippen molar-refractivity contribution in [1.29, 1.82) is 0 Å². The largest absolute Gasteiger partial charge is 0.466 e. The molecule has 0 heterocycles. The van der Waals surface area contributed by atoms with Gasteiger partial charge in [0.2, 0.25) is 0 Å². The Morgan fingerprint density at radius 2 is 1.52 bits per heavy atom. The van der Waals surface area contributed by atoms with Crippen molar-refractivity contribution in [3.8, 4) is 5.75 Å². The maximum atomic E-state index is 11.9. The molecule has 0 amide bonds. The van der Waals surface area contributed by atoms with Crippen LogP contribution in [0.5, 0.6) is 5.75 Å². The van der Waals surface area contributed by atoms with Crippen molar-refractivity contribution in [3.05, 3.63) is 28.8 Å². The summed E-state index contributed by atoms with van der Waals surface area (Å²) in [6.45, 7) is 4.55. The third-order valence-corrected chi connectivity index (χ3v) is 4.62. The zero-order valence-corrected chi connectivity index (χ0v) is 17.5. The van der Waals surface area contributed by atoms with Crippen LogP contribution < -0.4 is 4.74 Å². The number of aryl methyl sites for hydroxylation is 1. The summed E-state index contributed by atoms with van der Waals surface area (Å²) >= 11 is 5.89. The Kier molecular flexibility index (Phi) is 12.6. The molecule has 0 saturated carbocycles. The van der Waals surface area contributed by atoms with Crippen molar-refractivity contribution in [2.75, 3.05) is 6.61 Å². The molecule has 0 aromatic heterocycles. The second-order valence-electron chi connectivity index (χ2n) is 6.93. The van der Waals surface area contributed by atoms with Gasteiger partial charge in [-0.3, -0.25) is 9.59 Å². The number of carbonyl (C=O) groups is 2. The standard InChI is InChI=1S/C22H33ClO4/c1-3-4-11-16-26-21(24)12-9-7-5-6-8-10-13-22(25)27-20-15-14-19(23)17-18(20)2/h14-15,17H,3-13,16H2,1-2H3. The Balaban J connectivity index is 1.98. The van der Waals surface area contributed by atoms with Crippen LogP contribution in [-0.4, -0.2) is 18.5 Å². The Labute approximate surface area is 168 Å². The predicted molar refractivity (Wildman–Crippen MR) is 109 cm³/mol. The third kappa shape index (κ3) is 11.7. The van der Waals surface area contributed by atoms with E-state index in [0.29, 0.717) is 30.2 Å². The molecule has 0 radical (unpaired) electrons. The number of esters is 2. The molecule has 152 valence electrons. The maximum absolute atomic E-state index is 11.9. The fraction of sp³-hybridized carbons (Fsp3) is 0.636. The number of unbranched alkanes of at least 4 members (excludes halogenated alkanes) is 7. The average Bonchev–Trinajstić information content (AvgIpc) is 2.63. The van der Waals surface area contributed by atoms with Gasteiger partial charge in [-0.15, -0.1) is 0 Å². The fourth-order valence-electron chi connectivity index (χ4n) is 2.76.